The first-order valence-electron chi connectivity index (χ1n) is 8.85. The summed E-state index contributed by atoms with van der Waals surface area (Å²) in [6.07, 6.45) is 2.68. The monoisotopic (exact) mass is 352 g/mol. The van der Waals surface area contributed by atoms with Crippen LogP contribution in [-0.4, -0.2) is 37.5 Å². The first-order valence-corrected chi connectivity index (χ1v) is 8.85. The van der Waals surface area contributed by atoms with E-state index in [9.17, 15) is 9.18 Å². The van der Waals surface area contributed by atoms with Gasteiger partial charge in [0.15, 0.2) is 0 Å². The number of nitrogens with one attached hydrogen (secondary N) is 1. The molecule has 2 aromatic carbocycles. The summed E-state index contributed by atoms with van der Waals surface area (Å²) in [6, 6.07) is 12.4. The zero-order valence-electron chi connectivity index (χ0n) is 14.7. The van der Waals surface area contributed by atoms with Gasteiger partial charge in [0.1, 0.15) is 11.4 Å². The topological polar surface area (TPSA) is 45.5 Å². The van der Waals surface area contributed by atoms with Crippen molar-refractivity contribution in [3.63, 3.8) is 0 Å². The molecular formula is C21H21FN2O2. The summed E-state index contributed by atoms with van der Waals surface area (Å²) in [6.45, 7) is 2.54. The van der Waals surface area contributed by atoms with Crippen LogP contribution in [0.15, 0.2) is 53.1 Å². The van der Waals surface area contributed by atoms with Crippen LogP contribution in [-0.2, 0) is 0 Å². The fourth-order valence-electron chi connectivity index (χ4n) is 3.56. The molecule has 4 rings (SSSR count). The highest BCUT2D eigenvalue weighted by molar-refractivity contribution is 5.95. The maximum Gasteiger partial charge on any atom is 0.256 e. The van der Waals surface area contributed by atoms with E-state index in [1.807, 2.05) is 24.3 Å². The fraction of sp³-hybridized carbons (Fsp3) is 0.286. The molecule has 0 aliphatic carbocycles. The van der Waals surface area contributed by atoms with E-state index < -0.39 is 5.82 Å². The maximum absolute atomic E-state index is 14.6. The Hall–Kier alpha value is -2.66. The molecule has 1 aliphatic heterocycles. The number of halogens is 1. The number of carbonyl (C=O) groups excluding carboxylic acids is 1. The lowest BCUT2D eigenvalue weighted by atomic mass is 10.0. The van der Waals surface area contributed by atoms with Gasteiger partial charge in [-0.3, -0.25) is 4.79 Å². The van der Waals surface area contributed by atoms with Crippen LogP contribution < -0.4 is 5.32 Å². The number of rotatable bonds is 4. The highest BCUT2D eigenvalue weighted by Gasteiger charge is 2.22. The number of carbonyl (C=O) groups is 1. The van der Waals surface area contributed by atoms with Crippen LogP contribution in [0.1, 0.15) is 16.8 Å². The fourth-order valence-corrected chi connectivity index (χ4v) is 3.56. The SMILES string of the molecule is CN(C[C@@H]1CCNC1)C(=O)c1ccc(-c2ccc3occc3c2)cc1F. The van der Waals surface area contributed by atoms with Gasteiger partial charge in [-0.1, -0.05) is 12.1 Å². The summed E-state index contributed by atoms with van der Waals surface area (Å²) >= 11 is 0. The second-order valence-corrected chi connectivity index (χ2v) is 6.91. The maximum atomic E-state index is 14.6. The summed E-state index contributed by atoms with van der Waals surface area (Å²) < 4.78 is 20.0. The molecule has 26 heavy (non-hydrogen) atoms. The Kier molecular flexibility index (Phi) is 4.47. The molecule has 0 radical (unpaired) electrons. The van der Waals surface area contributed by atoms with Gasteiger partial charge in [-0.15, -0.1) is 0 Å². The quantitative estimate of drug-likeness (QED) is 0.774. The predicted molar refractivity (Wildman–Crippen MR) is 99.5 cm³/mol. The molecule has 0 unspecified atom stereocenters. The third kappa shape index (κ3) is 3.22. The zero-order valence-corrected chi connectivity index (χ0v) is 14.7. The molecular weight excluding hydrogens is 331 g/mol. The molecule has 4 nitrogen and oxygen atoms in total. The van der Waals surface area contributed by atoms with E-state index in [0.29, 0.717) is 12.5 Å². The van der Waals surface area contributed by atoms with Gasteiger partial charge in [0.2, 0.25) is 0 Å². The largest absolute Gasteiger partial charge is 0.464 e. The molecule has 1 fully saturated rings. The first kappa shape index (κ1) is 16.8. The van der Waals surface area contributed by atoms with Crippen molar-refractivity contribution in [1.82, 2.24) is 10.2 Å². The van der Waals surface area contributed by atoms with E-state index in [2.05, 4.69) is 5.32 Å². The smallest absolute Gasteiger partial charge is 0.256 e. The van der Waals surface area contributed by atoms with Gasteiger partial charge in [0, 0.05) is 19.0 Å². The van der Waals surface area contributed by atoms with Gasteiger partial charge >= 0.3 is 0 Å². The number of hydrogen-bond acceptors (Lipinski definition) is 3. The third-order valence-electron chi connectivity index (χ3n) is 5.03. The van der Waals surface area contributed by atoms with Gasteiger partial charge in [-0.25, -0.2) is 4.39 Å². The third-order valence-corrected chi connectivity index (χ3v) is 5.03. The van der Waals surface area contributed by atoms with E-state index in [1.165, 1.54) is 6.07 Å². The molecule has 1 amide bonds. The normalized spacial score (nSPS) is 16.9. The van der Waals surface area contributed by atoms with E-state index in [-0.39, 0.29) is 11.5 Å². The van der Waals surface area contributed by atoms with Crippen LogP contribution in [0, 0.1) is 11.7 Å². The lowest BCUT2D eigenvalue weighted by Crippen LogP contribution is -2.33. The Labute approximate surface area is 151 Å². The Morgan fingerprint density at radius 3 is 2.81 bits per heavy atom. The van der Waals surface area contributed by atoms with Crippen LogP contribution in [0.3, 0.4) is 0 Å². The van der Waals surface area contributed by atoms with Crippen molar-refractivity contribution in [2.24, 2.45) is 5.92 Å². The number of hydrogen-bond donors (Lipinski definition) is 1. The molecule has 3 aromatic rings. The van der Waals surface area contributed by atoms with Crippen LogP contribution in [0.5, 0.6) is 0 Å². The van der Waals surface area contributed by atoms with Gasteiger partial charge < -0.3 is 14.6 Å². The molecule has 0 spiro atoms. The van der Waals surface area contributed by atoms with Crippen molar-refractivity contribution in [1.29, 1.82) is 0 Å². The second-order valence-electron chi connectivity index (χ2n) is 6.91. The minimum Gasteiger partial charge on any atom is -0.464 e. The number of furan rings is 1. The molecule has 1 aliphatic rings. The predicted octanol–water partition coefficient (Wildman–Crippen LogP) is 3.92. The highest BCUT2D eigenvalue weighted by atomic mass is 19.1. The minimum atomic E-state index is -0.490. The van der Waals surface area contributed by atoms with E-state index >= 15 is 0 Å². The van der Waals surface area contributed by atoms with E-state index in [4.69, 9.17) is 4.42 Å². The molecule has 0 bridgehead atoms. The molecule has 2 heterocycles. The van der Waals surface area contributed by atoms with Crippen LogP contribution in [0.25, 0.3) is 22.1 Å². The van der Waals surface area contributed by atoms with Crippen molar-refractivity contribution in [2.75, 3.05) is 26.7 Å². The molecule has 1 saturated heterocycles. The van der Waals surface area contributed by atoms with Crippen molar-refractivity contribution in [3.05, 3.63) is 60.1 Å². The molecule has 0 saturated carbocycles. The van der Waals surface area contributed by atoms with Gasteiger partial charge in [0.25, 0.3) is 5.91 Å². The van der Waals surface area contributed by atoms with Gasteiger partial charge in [0.05, 0.1) is 11.8 Å². The Bertz CT molecular complexity index is 944. The Morgan fingerprint density at radius 1 is 1.23 bits per heavy atom. The summed E-state index contributed by atoms with van der Waals surface area (Å²) in [4.78, 5) is 14.2. The average molecular weight is 352 g/mol. The van der Waals surface area contributed by atoms with Crippen molar-refractivity contribution < 1.29 is 13.6 Å². The summed E-state index contributed by atoms with van der Waals surface area (Å²) in [5.41, 5.74) is 2.54. The summed E-state index contributed by atoms with van der Waals surface area (Å²) in [7, 11) is 1.74. The molecule has 1 N–H and O–H groups in total. The summed E-state index contributed by atoms with van der Waals surface area (Å²) in [5.74, 6) is -0.324. The minimum absolute atomic E-state index is 0.117. The number of fused-ring (bicyclic) bond motifs is 1. The molecule has 5 heteroatoms. The van der Waals surface area contributed by atoms with Crippen molar-refractivity contribution in [2.45, 2.75) is 6.42 Å². The molecule has 1 atom stereocenters. The lowest BCUT2D eigenvalue weighted by molar-refractivity contribution is 0.0771. The van der Waals surface area contributed by atoms with Crippen molar-refractivity contribution in [3.8, 4) is 11.1 Å². The standard InChI is InChI=1S/C21H21FN2O2/c1-24(13-14-6-8-23-12-14)21(25)18-4-2-16(11-19(18)22)15-3-5-20-17(10-15)7-9-26-20/h2-5,7,9-11,14,23H,6,8,12-13H2,1H3/t14-/m1/s1. The van der Waals surface area contributed by atoms with E-state index in [0.717, 1.165) is 41.6 Å². The van der Waals surface area contributed by atoms with Gasteiger partial charge in [-0.05, 0) is 66.9 Å². The Morgan fingerprint density at radius 2 is 2.04 bits per heavy atom. The van der Waals surface area contributed by atoms with Crippen LogP contribution >= 0.6 is 0 Å². The van der Waals surface area contributed by atoms with Crippen LogP contribution in [0.4, 0.5) is 4.39 Å². The van der Waals surface area contributed by atoms with Crippen LogP contribution in [0.2, 0.25) is 0 Å². The van der Waals surface area contributed by atoms with Crippen molar-refractivity contribution >= 4 is 16.9 Å². The average Bonchev–Trinajstić information content (AvgIpc) is 3.31. The first-order chi connectivity index (χ1) is 12.6. The molecule has 134 valence electrons. The number of nitrogens with zero attached hydrogens (tertiary/aromatic N) is 1. The molecule has 1 aromatic heterocycles. The lowest BCUT2D eigenvalue weighted by Gasteiger charge is -2.21. The Balaban J connectivity index is 1.55. The number of benzene rings is 2. The highest BCUT2D eigenvalue weighted by Crippen LogP contribution is 2.27. The van der Waals surface area contributed by atoms with Gasteiger partial charge in [-0.2, -0.15) is 0 Å². The second kappa shape index (κ2) is 6.92. The number of amides is 1. The zero-order chi connectivity index (χ0) is 18.1. The van der Waals surface area contributed by atoms with E-state index in [1.54, 1.807) is 30.3 Å². The summed E-state index contributed by atoms with van der Waals surface area (Å²) in [5, 5.41) is 4.25.